The minimum Gasteiger partial charge on any atom is -0.390 e. The second kappa shape index (κ2) is 10.9. The number of benzene rings is 2. The number of nitrogens with zero attached hydrogens (tertiary/aromatic N) is 2. The SMILES string of the molecule is CCCN(CCC)C[C@@H](O)Cn1cc(/C=C/C(=O)c2ccccc2)c2ccccc21. The number of ketones is 1. The number of hydrogen-bond donors (Lipinski definition) is 1. The third-order valence-electron chi connectivity index (χ3n) is 5.25. The average Bonchev–Trinajstić information content (AvgIpc) is 3.10. The van der Waals surface area contributed by atoms with Crippen LogP contribution in [0.4, 0.5) is 0 Å². The number of hydrogen-bond acceptors (Lipinski definition) is 3. The number of rotatable bonds is 11. The molecule has 0 amide bonds. The molecule has 158 valence electrons. The van der Waals surface area contributed by atoms with Gasteiger partial charge in [0.2, 0.25) is 0 Å². The summed E-state index contributed by atoms with van der Waals surface area (Å²) in [5.41, 5.74) is 2.74. The molecule has 0 aliphatic heterocycles. The van der Waals surface area contributed by atoms with Crippen LogP contribution in [0.1, 0.15) is 42.6 Å². The Hall–Kier alpha value is -2.69. The molecule has 3 rings (SSSR count). The van der Waals surface area contributed by atoms with Crippen LogP contribution in [-0.2, 0) is 6.54 Å². The Morgan fingerprint density at radius 3 is 2.40 bits per heavy atom. The molecule has 0 radical (unpaired) electrons. The van der Waals surface area contributed by atoms with Crippen LogP contribution in [0.2, 0.25) is 0 Å². The zero-order valence-electron chi connectivity index (χ0n) is 18.0. The van der Waals surface area contributed by atoms with Gasteiger partial charge < -0.3 is 14.6 Å². The van der Waals surface area contributed by atoms with Gasteiger partial charge in [0.25, 0.3) is 0 Å². The predicted molar refractivity (Wildman–Crippen MR) is 125 cm³/mol. The standard InChI is InChI=1S/C26H32N2O2/c1-3-16-27(17-4-2)19-23(29)20-28-18-22(24-12-8-9-13-25(24)28)14-15-26(30)21-10-6-5-7-11-21/h5-15,18,23,29H,3-4,16-17,19-20H2,1-2H3/b15-14+/t23-/m1/s1. The van der Waals surface area contributed by atoms with Crippen molar-refractivity contribution in [2.75, 3.05) is 19.6 Å². The Morgan fingerprint density at radius 2 is 1.70 bits per heavy atom. The molecule has 0 spiro atoms. The number of aromatic nitrogens is 1. The smallest absolute Gasteiger partial charge is 0.185 e. The summed E-state index contributed by atoms with van der Waals surface area (Å²) in [5.74, 6) is -0.0118. The third kappa shape index (κ3) is 5.68. The van der Waals surface area contributed by atoms with Crippen molar-refractivity contribution in [1.29, 1.82) is 0 Å². The maximum absolute atomic E-state index is 12.4. The van der Waals surface area contributed by atoms with Gasteiger partial charge in [0.1, 0.15) is 0 Å². The van der Waals surface area contributed by atoms with E-state index in [9.17, 15) is 9.90 Å². The van der Waals surface area contributed by atoms with Crippen molar-refractivity contribution >= 4 is 22.8 Å². The second-order valence-electron chi connectivity index (χ2n) is 7.77. The normalized spacial score (nSPS) is 12.8. The minimum absolute atomic E-state index is 0.0118. The molecule has 0 fully saturated rings. The van der Waals surface area contributed by atoms with E-state index in [1.54, 1.807) is 6.08 Å². The first-order valence-electron chi connectivity index (χ1n) is 10.9. The molecule has 1 atom stereocenters. The van der Waals surface area contributed by atoms with Gasteiger partial charge in [-0.1, -0.05) is 62.4 Å². The highest BCUT2D eigenvalue weighted by Gasteiger charge is 2.14. The van der Waals surface area contributed by atoms with Crippen molar-refractivity contribution in [3.8, 4) is 0 Å². The average molecular weight is 405 g/mol. The van der Waals surface area contributed by atoms with Crippen molar-refractivity contribution in [2.45, 2.75) is 39.3 Å². The van der Waals surface area contributed by atoms with E-state index in [1.165, 1.54) is 0 Å². The first-order chi connectivity index (χ1) is 14.6. The lowest BCUT2D eigenvalue weighted by Crippen LogP contribution is -2.35. The van der Waals surface area contributed by atoms with Crippen LogP contribution in [0.25, 0.3) is 17.0 Å². The lowest BCUT2D eigenvalue weighted by Gasteiger charge is -2.24. The summed E-state index contributed by atoms with van der Waals surface area (Å²) in [6, 6.07) is 17.4. The van der Waals surface area contributed by atoms with E-state index >= 15 is 0 Å². The van der Waals surface area contributed by atoms with E-state index in [-0.39, 0.29) is 5.78 Å². The first-order valence-corrected chi connectivity index (χ1v) is 10.9. The largest absolute Gasteiger partial charge is 0.390 e. The van der Waals surface area contributed by atoms with Gasteiger partial charge in [0.15, 0.2) is 5.78 Å². The van der Waals surface area contributed by atoms with Gasteiger partial charge >= 0.3 is 0 Å². The maximum atomic E-state index is 12.4. The maximum Gasteiger partial charge on any atom is 0.185 e. The summed E-state index contributed by atoms with van der Waals surface area (Å²) in [7, 11) is 0. The Bertz CT molecular complexity index is 969. The molecule has 1 N–H and O–H groups in total. The van der Waals surface area contributed by atoms with Crippen LogP contribution >= 0.6 is 0 Å². The van der Waals surface area contributed by atoms with Crippen LogP contribution in [0.15, 0.2) is 66.9 Å². The van der Waals surface area contributed by atoms with E-state index in [2.05, 4.69) is 35.4 Å². The summed E-state index contributed by atoms with van der Waals surface area (Å²) in [6.45, 7) is 7.56. The second-order valence-corrected chi connectivity index (χ2v) is 7.77. The fourth-order valence-electron chi connectivity index (χ4n) is 3.93. The van der Waals surface area contributed by atoms with Crippen LogP contribution in [-0.4, -0.2) is 46.1 Å². The Kier molecular flexibility index (Phi) is 8.00. The van der Waals surface area contributed by atoms with E-state index in [1.807, 2.05) is 54.7 Å². The zero-order chi connectivity index (χ0) is 21.3. The number of aliphatic hydroxyl groups excluding tert-OH is 1. The van der Waals surface area contributed by atoms with Crippen LogP contribution in [0.5, 0.6) is 0 Å². The quantitative estimate of drug-likeness (QED) is 0.360. The Labute approximate surface area is 179 Å². The number of aliphatic hydroxyl groups is 1. The van der Waals surface area contributed by atoms with Crippen LogP contribution < -0.4 is 0 Å². The summed E-state index contributed by atoms with van der Waals surface area (Å²) >= 11 is 0. The molecule has 0 saturated heterocycles. The molecule has 0 unspecified atom stereocenters. The monoisotopic (exact) mass is 404 g/mol. The molecule has 30 heavy (non-hydrogen) atoms. The van der Waals surface area contributed by atoms with Crippen molar-refractivity contribution in [3.63, 3.8) is 0 Å². The van der Waals surface area contributed by atoms with E-state index in [0.717, 1.165) is 42.4 Å². The molecule has 4 heteroatoms. The van der Waals surface area contributed by atoms with Crippen molar-refractivity contribution in [2.24, 2.45) is 0 Å². The van der Waals surface area contributed by atoms with E-state index in [0.29, 0.717) is 18.7 Å². The van der Waals surface area contributed by atoms with Crippen molar-refractivity contribution in [1.82, 2.24) is 9.47 Å². The molecule has 4 nitrogen and oxygen atoms in total. The van der Waals surface area contributed by atoms with Crippen LogP contribution in [0, 0.1) is 0 Å². The molecule has 0 saturated carbocycles. The molecule has 0 aliphatic rings. The highest BCUT2D eigenvalue weighted by Crippen LogP contribution is 2.23. The highest BCUT2D eigenvalue weighted by atomic mass is 16.3. The highest BCUT2D eigenvalue weighted by molar-refractivity contribution is 6.07. The molecular weight excluding hydrogens is 372 g/mol. The first kappa shape index (κ1) is 22.0. The number of para-hydroxylation sites is 1. The molecule has 2 aromatic carbocycles. The lowest BCUT2D eigenvalue weighted by molar-refractivity contribution is 0.0988. The molecule has 0 aliphatic carbocycles. The molecule has 3 aromatic rings. The van der Waals surface area contributed by atoms with Gasteiger partial charge in [-0.25, -0.2) is 0 Å². The molecule has 1 heterocycles. The summed E-state index contributed by atoms with van der Waals surface area (Å²) < 4.78 is 2.10. The Morgan fingerprint density at radius 1 is 1.03 bits per heavy atom. The van der Waals surface area contributed by atoms with Gasteiger partial charge in [0, 0.05) is 41.3 Å². The number of allylic oxidation sites excluding steroid dienone is 1. The number of carbonyl (C=O) groups excluding carboxylic acids is 1. The van der Waals surface area contributed by atoms with Gasteiger partial charge in [-0.2, -0.15) is 0 Å². The molecule has 0 bridgehead atoms. The van der Waals surface area contributed by atoms with Crippen molar-refractivity contribution in [3.05, 3.63) is 78.0 Å². The van der Waals surface area contributed by atoms with E-state index < -0.39 is 6.10 Å². The third-order valence-corrected chi connectivity index (χ3v) is 5.25. The summed E-state index contributed by atoms with van der Waals surface area (Å²) in [5, 5.41) is 11.8. The van der Waals surface area contributed by atoms with Gasteiger partial charge in [-0.3, -0.25) is 4.79 Å². The predicted octanol–water partition coefficient (Wildman–Crippen LogP) is 5.02. The summed E-state index contributed by atoms with van der Waals surface area (Å²) in [4.78, 5) is 14.8. The zero-order valence-corrected chi connectivity index (χ0v) is 18.0. The molecule has 1 aromatic heterocycles. The Balaban J connectivity index is 1.78. The van der Waals surface area contributed by atoms with E-state index in [4.69, 9.17) is 0 Å². The number of carbonyl (C=O) groups is 1. The van der Waals surface area contributed by atoms with Crippen LogP contribution in [0.3, 0.4) is 0 Å². The fraction of sp³-hybridized carbons (Fsp3) is 0.346. The van der Waals surface area contributed by atoms with Crippen molar-refractivity contribution < 1.29 is 9.90 Å². The topological polar surface area (TPSA) is 45.5 Å². The number of fused-ring (bicyclic) bond motifs is 1. The lowest BCUT2D eigenvalue weighted by atomic mass is 10.1. The summed E-state index contributed by atoms with van der Waals surface area (Å²) in [6.07, 6.45) is 7.27. The van der Waals surface area contributed by atoms with Gasteiger partial charge in [-0.15, -0.1) is 0 Å². The molecular formula is C26H32N2O2. The minimum atomic E-state index is -0.443. The fourth-order valence-corrected chi connectivity index (χ4v) is 3.93. The van der Waals surface area contributed by atoms with Gasteiger partial charge in [0.05, 0.1) is 6.10 Å². The van der Waals surface area contributed by atoms with Gasteiger partial charge in [-0.05, 0) is 44.1 Å².